The summed E-state index contributed by atoms with van der Waals surface area (Å²) >= 11 is 0. The fourth-order valence-corrected chi connectivity index (χ4v) is 6.29. The van der Waals surface area contributed by atoms with E-state index in [1.54, 1.807) is 12.4 Å². The SMILES string of the molecule is O=C(O)[C@H]1C2CCC(CC2)[C@@H]1Cc1nc(-c2c[nH]c3ncc(F)cc23)nc(-c2cnn(CCO)c2)c1F. The maximum atomic E-state index is 16.0. The van der Waals surface area contributed by atoms with E-state index in [1.165, 1.54) is 16.9 Å². The van der Waals surface area contributed by atoms with Crippen molar-refractivity contribution in [2.24, 2.45) is 23.7 Å². The minimum atomic E-state index is -0.835. The van der Waals surface area contributed by atoms with E-state index >= 15 is 4.39 Å². The fraction of sp³-hybridized carbons (Fsp3) is 0.423. The van der Waals surface area contributed by atoms with Crippen LogP contribution in [0.25, 0.3) is 33.7 Å². The highest BCUT2D eigenvalue weighted by molar-refractivity contribution is 5.91. The van der Waals surface area contributed by atoms with E-state index in [0.29, 0.717) is 22.2 Å². The molecular formula is C26H26F2N6O3. The molecule has 3 N–H and O–H groups in total. The minimum Gasteiger partial charge on any atom is -0.481 e. The molecule has 0 amide bonds. The van der Waals surface area contributed by atoms with E-state index in [4.69, 9.17) is 0 Å². The van der Waals surface area contributed by atoms with Crippen molar-refractivity contribution in [3.05, 3.63) is 48.2 Å². The molecule has 0 spiro atoms. The smallest absolute Gasteiger partial charge is 0.307 e. The number of aliphatic carboxylic acids is 1. The van der Waals surface area contributed by atoms with Gasteiger partial charge in [-0.1, -0.05) is 0 Å². The van der Waals surface area contributed by atoms with E-state index in [9.17, 15) is 19.4 Å². The summed E-state index contributed by atoms with van der Waals surface area (Å²) < 4.78 is 31.5. The van der Waals surface area contributed by atoms with Crippen molar-refractivity contribution < 1.29 is 23.8 Å². The lowest BCUT2D eigenvalue weighted by molar-refractivity contribution is -0.152. The number of carboxylic acids is 1. The number of carboxylic acid groups (broad SMARTS) is 1. The van der Waals surface area contributed by atoms with Gasteiger partial charge in [0, 0.05) is 28.9 Å². The zero-order valence-electron chi connectivity index (χ0n) is 19.9. The molecule has 2 bridgehead atoms. The Balaban J connectivity index is 1.48. The van der Waals surface area contributed by atoms with Crippen molar-refractivity contribution in [3.8, 4) is 22.6 Å². The second kappa shape index (κ2) is 9.29. The Morgan fingerprint density at radius 2 is 1.92 bits per heavy atom. The van der Waals surface area contributed by atoms with Gasteiger partial charge in [0.25, 0.3) is 0 Å². The minimum absolute atomic E-state index is 0.0238. The lowest BCUT2D eigenvalue weighted by atomic mass is 9.57. The number of aliphatic hydroxyl groups excluding tert-OH is 1. The predicted octanol–water partition coefficient (Wildman–Crippen LogP) is 3.83. The number of nitrogens with zero attached hydrogens (tertiary/aromatic N) is 5. The fourth-order valence-electron chi connectivity index (χ4n) is 6.29. The van der Waals surface area contributed by atoms with Crippen LogP contribution in [-0.2, 0) is 17.8 Å². The van der Waals surface area contributed by atoms with Gasteiger partial charge in [0.05, 0.1) is 37.2 Å². The molecule has 0 unspecified atom stereocenters. The molecule has 4 heterocycles. The molecule has 3 saturated carbocycles. The third kappa shape index (κ3) is 4.16. The molecular weight excluding hydrogens is 482 g/mol. The van der Waals surface area contributed by atoms with E-state index < -0.39 is 23.5 Å². The summed E-state index contributed by atoms with van der Waals surface area (Å²) in [6.07, 6.45) is 9.59. The third-order valence-electron chi connectivity index (χ3n) is 8.00. The van der Waals surface area contributed by atoms with Gasteiger partial charge >= 0.3 is 5.97 Å². The topological polar surface area (TPSA) is 130 Å². The molecule has 4 aromatic rings. The molecule has 2 atom stereocenters. The number of halogens is 2. The number of pyridine rings is 1. The highest BCUT2D eigenvalue weighted by Gasteiger charge is 2.47. The Hall–Kier alpha value is -3.73. The number of hydrogen-bond donors (Lipinski definition) is 3. The van der Waals surface area contributed by atoms with Crippen LogP contribution in [0.15, 0.2) is 30.9 Å². The summed E-state index contributed by atoms with van der Waals surface area (Å²) in [5.74, 6) is -2.26. The Morgan fingerprint density at radius 1 is 1.14 bits per heavy atom. The summed E-state index contributed by atoms with van der Waals surface area (Å²) in [5.41, 5.74) is 1.47. The number of aromatic amines is 1. The van der Waals surface area contributed by atoms with Crippen LogP contribution in [0, 0.1) is 35.3 Å². The standard InChI is InChI=1S/C26H26F2N6O3/c27-16-7-18-19(11-30-24(18)29-10-16)25-32-20(8-17-13-1-3-14(4-2-13)21(17)26(36)37)22(28)23(33-25)15-9-31-34(12-15)5-6-35/h7,9-14,17,21,35H,1-6,8H2,(H,29,30)(H,36,37)/t13?,14?,17-,21-/m0/s1. The van der Waals surface area contributed by atoms with Crippen molar-refractivity contribution in [2.75, 3.05) is 6.61 Å². The highest BCUT2D eigenvalue weighted by Crippen LogP contribution is 2.50. The zero-order valence-corrected chi connectivity index (χ0v) is 19.9. The maximum absolute atomic E-state index is 16.0. The van der Waals surface area contributed by atoms with Crippen molar-refractivity contribution >= 4 is 17.0 Å². The molecule has 192 valence electrons. The molecule has 7 rings (SSSR count). The van der Waals surface area contributed by atoms with E-state index in [-0.39, 0.29) is 54.5 Å². The highest BCUT2D eigenvalue weighted by atomic mass is 19.1. The van der Waals surface area contributed by atoms with Crippen LogP contribution in [0.1, 0.15) is 31.4 Å². The Kier molecular flexibility index (Phi) is 5.94. The second-order valence-electron chi connectivity index (χ2n) is 10.0. The van der Waals surface area contributed by atoms with Crippen LogP contribution < -0.4 is 0 Å². The molecule has 37 heavy (non-hydrogen) atoms. The van der Waals surface area contributed by atoms with E-state index in [2.05, 4.69) is 25.0 Å². The Bertz CT molecular complexity index is 1480. The van der Waals surface area contributed by atoms with Crippen LogP contribution in [0.5, 0.6) is 0 Å². The molecule has 0 radical (unpaired) electrons. The van der Waals surface area contributed by atoms with Gasteiger partial charge in [0.2, 0.25) is 0 Å². The Labute approximate surface area is 210 Å². The first kappa shape index (κ1) is 23.7. The lowest BCUT2D eigenvalue weighted by Crippen LogP contribution is -2.45. The van der Waals surface area contributed by atoms with Gasteiger partial charge in [-0.2, -0.15) is 5.10 Å². The molecule has 9 nitrogen and oxygen atoms in total. The second-order valence-corrected chi connectivity index (χ2v) is 10.0. The van der Waals surface area contributed by atoms with Gasteiger partial charge in [-0.25, -0.2) is 23.7 Å². The predicted molar refractivity (Wildman–Crippen MR) is 129 cm³/mol. The number of aromatic nitrogens is 6. The molecule has 3 aliphatic carbocycles. The van der Waals surface area contributed by atoms with Crippen molar-refractivity contribution in [1.82, 2.24) is 29.7 Å². The number of aliphatic hydroxyl groups is 1. The van der Waals surface area contributed by atoms with Crippen molar-refractivity contribution in [2.45, 2.75) is 38.6 Å². The van der Waals surface area contributed by atoms with Crippen molar-refractivity contribution in [3.63, 3.8) is 0 Å². The summed E-state index contributed by atoms with van der Waals surface area (Å²) in [7, 11) is 0. The molecule has 3 fully saturated rings. The van der Waals surface area contributed by atoms with Gasteiger partial charge in [0.1, 0.15) is 17.2 Å². The number of H-pyrrole nitrogens is 1. The van der Waals surface area contributed by atoms with Crippen LogP contribution in [-0.4, -0.2) is 52.5 Å². The van der Waals surface area contributed by atoms with Crippen LogP contribution in [0.2, 0.25) is 0 Å². The first-order valence-electron chi connectivity index (χ1n) is 12.5. The molecule has 0 aliphatic heterocycles. The first-order valence-corrected chi connectivity index (χ1v) is 12.5. The van der Waals surface area contributed by atoms with Gasteiger partial charge in [-0.3, -0.25) is 9.48 Å². The van der Waals surface area contributed by atoms with Gasteiger partial charge in [0.15, 0.2) is 11.6 Å². The largest absolute Gasteiger partial charge is 0.481 e. The summed E-state index contributed by atoms with van der Waals surface area (Å²) in [6, 6.07) is 1.32. The monoisotopic (exact) mass is 508 g/mol. The maximum Gasteiger partial charge on any atom is 0.307 e. The number of nitrogens with one attached hydrogen (secondary N) is 1. The summed E-state index contributed by atoms with van der Waals surface area (Å²) in [4.78, 5) is 28.3. The number of fused-ring (bicyclic) bond motifs is 4. The number of carbonyl (C=O) groups is 1. The summed E-state index contributed by atoms with van der Waals surface area (Å²) in [5, 5.41) is 23.9. The molecule has 3 aliphatic rings. The van der Waals surface area contributed by atoms with Gasteiger partial charge in [-0.05, 0) is 55.9 Å². The quantitative estimate of drug-likeness (QED) is 0.346. The normalized spacial score (nSPS) is 23.1. The molecule has 0 aromatic carbocycles. The van der Waals surface area contributed by atoms with Crippen LogP contribution >= 0.6 is 0 Å². The average Bonchev–Trinajstić information content (AvgIpc) is 3.53. The summed E-state index contributed by atoms with van der Waals surface area (Å²) in [6.45, 7) is 0.115. The van der Waals surface area contributed by atoms with Gasteiger partial charge < -0.3 is 15.2 Å². The average molecular weight is 509 g/mol. The Morgan fingerprint density at radius 3 is 2.68 bits per heavy atom. The zero-order chi connectivity index (χ0) is 25.7. The van der Waals surface area contributed by atoms with E-state index in [1.807, 2.05) is 0 Å². The number of hydrogen-bond acceptors (Lipinski definition) is 6. The van der Waals surface area contributed by atoms with Crippen molar-refractivity contribution in [1.29, 1.82) is 0 Å². The van der Waals surface area contributed by atoms with Crippen LogP contribution in [0.3, 0.4) is 0 Å². The van der Waals surface area contributed by atoms with E-state index in [0.717, 1.165) is 31.9 Å². The number of rotatable bonds is 7. The van der Waals surface area contributed by atoms with Crippen LogP contribution in [0.4, 0.5) is 8.78 Å². The first-order chi connectivity index (χ1) is 17.9. The molecule has 4 aromatic heterocycles. The lowest BCUT2D eigenvalue weighted by Gasteiger charge is -2.46. The molecule has 0 saturated heterocycles. The third-order valence-corrected chi connectivity index (χ3v) is 8.00. The molecule has 11 heteroatoms. The van der Waals surface area contributed by atoms with Gasteiger partial charge in [-0.15, -0.1) is 0 Å².